The molecule has 0 saturated carbocycles. The number of nitro benzene ring substituents is 1. The highest BCUT2D eigenvalue weighted by molar-refractivity contribution is 5.63. The van der Waals surface area contributed by atoms with Crippen molar-refractivity contribution in [3.05, 3.63) is 64.2 Å². The molecular weight excluding hydrogens is 261 g/mol. The molecule has 5 nitrogen and oxygen atoms in total. The second-order valence-electron chi connectivity index (χ2n) is 4.20. The Balaban J connectivity index is 2.37. The second-order valence-corrected chi connectivity index (χ2v) is 4.20. The Hall–Kier alpha value is -2.50. The molecule has 2 rings (SSSR count). The standard InChI is InChI=1S/C14H14FN3O2/c1-2-17(10-11-6-3-4-9-16-11)13-8-5-7-12(15)14(13)18(19)20/h3-9H,2,10H2,1H3. The van der Waals surface area contributed by atoms with E-state index in [1.165, 1.54) is 6.07 Å². The van der Waals surface area contributed by atoms with Crippen LogP contribution in [0.1, 0.15) is 12.6 Å². The van der Waals surface area contributed by atoms with Gasteiger partial charge in [-0.15, -0.1) is 0 Å². The molecule has 2 aromatic rings. The molecule has 1 aromatic heterocycles. The van der Waals surface area contributed by atoms with E-state index in [1.54, 1.807) is 23.2 Å². The van der Waals surface area contributed by atoms with Gasteiger partial charge in [0.15, 0.2) is 0 Å². The average molecular weight is 275 g/mol. The van der Waals surface area contributed by atoms with Crippen LogP contribution >= 0.6 is 0 Å². The van der Waals surface area contributed by atoms with Gasteiger partial charge in [-0.25, -0.2) is 0 Å². The number of hydrogen-bond acceptors (Lipinski definition) is 4. The maximum Gasteiger partial charge on any atom is 0.327 e. The number of rotatable bonds is 5. The van der Waals surface area contributed by atoms with Crippen molar-refractivity contribution < 1.29 is 9.31 Å². The highest BCUT2D eigenvalue weighted by atomic mass is 19.1. The lowest BCUT2D eigenvalue weighted by molar-refractivity contribution is -0.386. The van der Waals surface area contributed by atoms with Gasteiger partial charge in [-0.1, -0.05) is 12.1 Å². The highest BCUT2D eigenvalue weighted by Crippen LogP contribution is 2.31. The fourth-order valence-electron chi connectivity index (χ4n) is 1.99. The highest BCUT2D eigenvalue weighted by Gasteiger charge is 2.23. The molecule has 0 aliphatic heterocycles. The molecule has 0 aliphatic rings. The number of anilines is 1. The molecule has 20 heavy (non-hydrogen) atoms. The van der Waals surface area contributed by atoms with E-state index >= 15 is 0 Å². The number of para-hydroxylation sites is 1. The van der Waals surface area contributed by atoms with E-state index < -0.39 is 16.4 Å². The summed E-state index contributed by atoms with van der Waals surface area (Å²) in [5.74, 6) is -0.827. The minimum atomic E-state index is -0.827. The van der Waals surface area contributed by atoms with Crippen LogP contribution in [0.15, 0.2) is 42.6 Å². The predicted octanol–water partition coefficient (Wildman–Crippen LogP) is 3.16. The SMILES string of the molecule is CCN(Cc1ccccn1)c1cccc(F)c1[N+](=O)[O-]. The van der Waals surface area contributed by atoms with Gasteiger partial charge in [0.25, 0.3) is 0 Å². The monoisotopic (exact) mass is 275 g/mol. The van der Waals surface area contributed by atoms with Crippen LogP contribution < -0.4 is 4.90 Å². The molecule has 104 valence electrons. The molecule has 0 unspecified atom stereocenters. The van der Waals surface area contributed by atoms with Crippen LogP contribution in [0.4, 0.5) is 15.8 Å². The van der Waals surface area contributed by atoms with Gasteiger partial charge in [0.05, 0.1) is 17.2 Å². The van der Waals surface area contributed by atoms with Crippen molar-refractivity contribution in [3.63, 3.8) is 0 Å². The molecule has 0 aliphatic carbocycles. The summed E-state index contributed by atoms with van der Waals surface area (Å²) in [5, 5.41) is 11.0. The van der Waals surface area contributed by atoms with Crippen LogP contribution in [0.5, 0.6) is 0 Å². The van der Waals surface area contributed by atoms with Crippen LogP contribution in [0.2, 0.25) is 0 Å². The fourth-order valence-corrected chi connectivity index (χ4v) is 1.99. The van der Waals surface area contributed by atoms with Gasteiger partial charge in [-0.2, -0.15) is 4.39 Å². The zero-order valence-electron chi connectivity index (χ0n) is 11.0. The quantitative estimate of drug-likeness (QED) is 0.621. The van der Waals surface area contributed by atoms with E-state index in [-0.39, 0.29) is 5.69 Å². The number of aromatic nitrogens is 1. The molecule has 0 bridgehead atoms. The molecule has 0 saturated heterocycles. The Morgan fingerprint density at radius 2 is 2.10 bits per heavy atom. The lowest BCUT2D eigenvalue weighted by atomic mass is 10.2. The summed E-state index contributed by atoms with van der Waals surface area (Å²) in [7, 11) is 0. The summed E-state index contributed by atoms with van der Waals surface area (Å²) < 4.78 is 13.7. The van der Waals surface area contributed by atoms with Crippen molar-refractivity contribution in [2.24, 2.45) is 0 Å². The lowest BCUT2D eigenvalue weighted by Gasteiger charge is -2.22. The summed E-state index contributed by atoms with van der Waals surface area (Å²) in [5.41, 5.74) is 0.543. The first-order chi connectivity index (χ1) is 9.63. The number of nitrogens with zero attached hydrogens (tertiary/aromatic N) is 3. The molecular formula is C14H14FN3O2. The minimum Gasteiger partial charge on any atom is -0.360 e. The number of benzene rings is 1. The van der Waals surface area contributed by atoms with E-state index in [2.05, 4.69) is 4.98 Å². The van der Waals surface area contributed by atoms with E-state index in [0.717, 1.165) is 11.8 Å². The van der Waals surface area contributed by atoms with E-state index in [9.17, 15) is 14.5 Å². The zero-order valence-corrected chi connectivity index (χ0v) is 11.0. The summed E-state index contributed by atoms with van der Waals surface area (Å²) in [4.78, 5) is 16.3. The number of hydrogen-bond donors (Lipinski definition) is 0. The van der Waals surface area contributed by atoms with Crippen LogP contribution in [-0.2, 0) is 6.54 Å². The van der Waals surface area contributed by atoms with Crippen LogP contribution in [0.3, 0.4) is 0 Å². The van der Waals surface area contributed by atoms with Crippen molar-refractivity contribution in [2.75, 3.05) is 11.4 Å². The fraction of sp³-hybridized carbons (Fsp3) is 0.214. The largest absolute Gasteiger partial charge is 0.360 e. The molecule has 0 N–H and O–H groups in total. The third kappa shape index (κ3) is 2.90. The van der Waals surface area contributed by atoms with Crippen LogP contribution in [-0.4, -0.2) is 16.5 Å². The normalized spacial score (nSPS) is 10.3. The second kappa shape index (κ2) is 6.10. The Morgan fingerprint density at radius 3 is 2.70 bits per heavy atom. The average Bonchev–Trinajstić information content (AvgIpc) is 2.45. The molecule has 0 fully saturated rings. The van der Waals surface area contributed by atoms with E-state index in [0.29, 0.717) is 13.1 Å². The van der Waals surface area contributed by atoms with Crippen molar-refractivity contribution in [1.29, 1.82) is 0 Å². The van der Waals surface area contributed by atoms with E-state index in [4.69, 9.17) is 0 Å². The van der Waals surface area contributed by atoms with Crippen molar-refractivity contribution in [3.8, 4) is 0 Å². The Labute approximate surface area is 115 Å². The van der Waals surface area contributed by atoms with Gasteiger partial charge in [-0.3, -0.25) is 15.1 Å². The maximum atomic E-state index is 13.7. The third-order valence-electron chi connectivity index (χ3n) is 2.95. The van der Waals surface area contributed by atoms with Crippen molar-refractivity contribution in [2.45, 2.75) is 13.5 Å². The number of halogens is 1. The summed E-state index contributed by atoms with van der Waals surface area (Å²) in [6.07, 6.45) is 1.66. The predicted molar refractivity (Wildman–Crippen MR) is 74.0 cm³/mol. The summed E-state index contributed by atoms with van der Waals surface area (Å²) in [6.45, 7) is 2.76. The van der Waals surface area contributed by atoms with Crippen LogP contribution in [0, 0.1) is 15.9 Å². The summed E-state index contributed by atoms with van der Waals surface area (Å²) >= 11 is 0. The van der Waals surface area contributed by atoms with Crippen LogP contribution in [0.25, 0.3) is 0 Å². The Morgan fingerprint density at radius 1 is 1.30 bits per heavy atom. The maximum absolute atomic E-state index is 13.7. The van der Waals surface area contributed by atoms with Crippen molar-refractivity contribution in [1.82, 2.24) is 4.98 Å². The molecule has 1 aromatic carbocycles. The first kappa shape index (κ1) is 13.9. The molecule has 6 heteroatoms. The van der Waals surface area contributed by atoms with Gasteiger partial charge in [-0.05, 0) is 31.2 Å². The summed E-state index contributed by atoms with van der Waals surface area (Å²) in [6, 6.07) is 9.58. The van der Waals surface area contributed by atoms with Gasteiger partial charge in [0, 0.05) is 12.7 Å². The van der Waals surface area contributed by atoms with Gasteiger partial charge >= 0.3 is 5.69 Å². The molecule has 0 spiro atoms. The number of nitro groups is 1. The molecule has 0 atom stereocenters. The van der Waals surface area contributed by atoms with Crippen molar-refractivity contribution >= 4 is 11.4 Å². The first-order valence-corrected chi connectivity index (χ1v) is 6.21. The van der Waals surface area contributed by atoms with Gasteiger partial charge in [0.2, 0.25) is 5.82 Å². The molecule has 0 radical (unpaired) electrons. The number of pyridine rings is 1. The molecule has 0 amide bonds. The lowest BCUT2D eigenvalue weighted by Crippen LogP contribution is -2.23. The van der Waals surface area contributed by atoms with Gasteiger partial charge < -0.3 is 4.90 Å². The smallest absolute Gasteiger partial charge is 0.327 e. The van der Waals surface area contributed by atoms with E-state index in [1.807, 2.05) is 19.1 Å². The third-order valence-corrected chi connectivity index (χ3v) is 2.95. The minimum absolute atomic E-state index is 0.267. The van der Waals surface area contributed by atoms with Gasteiger partial charge in [0.1, 0.15) is 5.69 Å². The Bertz CT molecular complexity index is 605. The topological polar surface area (TPSA) is 59.3 Å². The molecule has 1 heterocycles. The first-order valence-electron chi connectivity index (χ1n) is 6.21. The Kier molecular flexibility index (Phi) is 4.24. The zero-order chi connectivity index (χ0) is 14.5.